The molecule has 208 valence electrons. The molecule has 0 saturated carbocycles. The quantitative estimate of drug-likeness (QED) is 0.175. The second-order valence-electron chi connectivity index (χ2n) is 11.1. The summed E-state index contributed by atoms with van der Waals surface area (Å²) in [5.41, 5.74) is 1.77. The largest absolute Gasteiger partial charge is 0.350 e. The number of rotatable bonds is 14. The lowest BCUT2D eigenvalue weighted by Gasteiger charge is -2.17. The molecule has 0 aliphatic rings. The fourth-order valence-corrected chi connectivity index (χ4v) is 4.40. The number of unbranched alkanes of at least 4 members (excludes halogenated alkanes) is 7. The van der Waals surface area contributed by atoms with Gasteiger partial charge in [-0.25, -0.2) is 9.67 Å². The van der Waals surface area contributed by atoms with Crippen LogP contribution in [0.1, 0.15) is 84.6 Å². The van der Waals surface area contributed by atoms with Gasteiger partial charge < -0.3 is 10.6 Å². The molecule has 0 unspecified atom stereocenters. The van der Waals surface area contributed by atoms with Crippen LogP contribution in [0.2, 0.25) is 0 Å². The van der Waals surface area contributed by atoms with Crippen LogP contribution >= 0.6 is 0 Å². The summed E-state index contributed by atoms with van der Waals surface area (Å²) in [5, 5.41) is 10.8. The van der Waals surface area contributed by atoms with Crippen LogP contribution < -0.4 is 10.6 Å². The Bertz CT molecular complexity index is 1320. The average Bonchev–Trinajstić information content (AvgIpc) is 3.57. The third-order valence-electron chi connectivity index (χ3n) is 6.73. The molecule has 0 saturated heterocycles. The molecule has 0 radical (unpaired) electrons. The van der Waals surface area contributed by atoms with Crippen LogP contribution in [0, 0.1) is 5.41 Å². The predicted molar refractivity (Wildman–Crippen MR) is 157 cm³/mol. The molecule has 39 heavy (non-hydrogen) atoms. The summed E-state index contributed by atoms with van der Waals surface area (Å²) in [5.74, 6) is 1.38. The van der Waals surface area contributed by atoms with Gasteiger partial charge >= 0.3 is 0 Å². The SMILES string of the molecule is CCCCCCCCCCn1c(-n2cccn2)nc2c(NC(=O)C(C)(C)C)nc(NCc3ccccc3)nc21. The van der Waals surface area contributed by atoms with Crippen molar-refractivity contribution in [2.45, 2.75) is 92.2 Å². The minimum atomic E-state index is -0.584. The molecule has 0 spiro atoms. The zero-order valence-electron chi connectivity index (χ0n) is 23.8. The van der Waals surface area contributed by atoms with Gasteiger partial charge in [0.05, 0.1) is 0 Å². The summed E-state index contributed by atoms with van der Waals surface area (Å²) < 4.78 is 3.85. The van der Waals surface area contributed by atoms with E-state index in [4.69, 9.17) is 15.0 Å². The van der Waals surface area contributed by atoms with E-state index in [9.17, 15) is 4.79 Å². The minimum Gasteiger partial charge on any atom is -0.350 e. The molecule has 0 bridgehead atoms. The maximum Gasteiger partial charge on any atom is 0.233 e. The molecule has 3 heterocycles. The molecule has 0 atom stereocenters. The van der Waals surface area contributed by atoms with Gasteiger partial charge in [-0.05, 0) is 18.1 Å². The number of hydrogen-bond acceptors (Lipinski definition) is 6. The second-order valence-corrected chi connectivity index (χ2v) is 11.1. The minimum absolute atomic E-state index is 0.130. The van der Waals surface area contributed by atoms with Crippen molar-refractivity contribution in [3.8, 4) is 5.95 Å². The Balaban J connectivity index is 1.64. The predicted octanol–water partition coefficient (Wildman–Crippen LogP) is 6.75. The topological polar surface area (TPSA) is 103 Å². The Morgan fingerprint density at radius 2 is 1.62 bits per heavy atom. The molecule has 0 aliphatic heterocycles. The zero-order chi connectivity index (χ0) is 27.7. The van der Waals surface area contributed by atoms with Gasteiger partial charge in [0, 0.05) is 30.9 Å². The van der Waals surface area contributed by atoms with Gasteiger partial charge in [0.15, 0.2) is 17.0 Å². The first-order valence-electron chi connectivity index (χ1n) is 14.2. The molecule has 1 aromatic carbocycles. The molecule has 1 amide bonds. The van der Waals surface area contributed by atoms with Gasteiger partial charge in [-0.15, -0.1) is 0 Å². The highest BCUT2D eigenvalue weighted by molar-refractivity contribution is 6.00. The molecule has 4 aromatic rings. The summed E-state index contributed by atoms with van der Waals surface area (Å²) in [6.07, 6.45) is 13.5. The van der Waals surface area contributed by atoms with Gasteiger partial charge in [-0.2, -0.15) is 15.1 Å². The van der Waals surface area contributed by atoms with Crippen LogP contribution in [0.15, 0.2) is 48.8 Å². The molecule has 2 N–H and O–H groups in total. The van der Waals surface area contributed by atoms with E-state index in [1.807, 2.05) is 51.2 Å². The highest BCUT2D eigenvalue weighted by Crippen LogP contribution is 2.27. The van der Waals surface area contributed by atoms with Gasteiger partial charge in [0.25, 0.3) is 0 Å². The molecule has 4 rings (SSSR count). The number of anilines is 2. The smallest absolute Gasteiger partial charge is 0.233 e. The second kappa shape index (κ2) is 13.4. The maximum atomic E-state index is 13.0. The van der Waals surface area contributed by atoms with E-state index in [0.717, 1.165) is 24.9 Å². The number of carbonyl (C=O) groups is 1. The lowest BCUT2D eigenvalue weighted by Crippen LogP contribution is -2.28. The number of nitrogens with one attached hydrogen (secondary N) is 2. The highest BCUT2D eigenvalue weighted by Gasteiger charge is 2.25. The van der Waals surface area contributed by atoms with Gasteiger partial charge in [-0.1, -0.05) is 103 Å². The molecular formula is C30H42N8O. The number of aryl methyl sites for hydroxylation is 1. The van der Waals surface area contributed by atoms with Crippen molar-refractivity contribution in [2.24, 2.45) is 5.41 Å². The van der Waals surface area contributed by atoms with E-state index in [0.29, 0.717) is 35.4 Å². The lowest BCUT2D eigenvalue weighted by atomic mass is 9.96. The summed E-state index contributed by atoms with van der Waals surface area (Å²) in [7, 11) is 0. The van der Waals surface area contributed by atoms with Gasteiger partial charge in [-0.3, -0.25) is 9.36 Å². The van der Waals surface area contributed by atoms with Crippen molar-refractivity contribution < 1.29 is 4.79 Å². The first-order chi connectivity index (χ1) is 18.9. The number of aromatic nitrogens is 6. The van der Waals surface area contributed by atoms with Crippen molar-refractivity contribution in [1.29, 1.82) is 0 Å². The van der Waals surface area contributed by atoms with Crippen LogP contribution in [0.3, 0.4) is 0 Å². The van der Waals surface area contributed by atoms with Crippen LogP contribution in [0.5, 0.6) is 0 Å². The Morgan fingerprint density at radius 3 is 2.28 bits per heavy atom. The number of hydrogen-bond donors (Lipinski definition) is 2. The van der Waals surface area contributed by atoms with E-state index >= 15 is 0 Å². The van der Waals surface area contributed by atoms with Gasteiger partial charge in [0.2, 0.25) is 17.8 Å². The highest BCUT2D eigenvalue weighted by atomic mass is 16.2. The molecule has 9 heteroatoms. The first-order valence-corrected chi connectivity index (χ1v) is 14.2. The fourth-order valence-electron chi connectivity index (χ4n) is 4.40. The number of nitrogens with zero attached hydrogens (tertiary/aromatic N) is 6. The van der Waals surface area contributed by atoms with Crippen LogP contribution in [0.25, 0.3) is 17.1 Å². The first kappa shape index (κ1) is 28.3. The van der Waals surface area contributed by atoms with E-state index in [1.54, 1.807) is 10.9 Å². The summed E-state index contributed by atoms with van der Waals surface area (Å²) in [6.45, 7) is 9.21. The molecule has 0 fully saturated rings. The summed E-state index contributed by atoms with van der Waals surface area (Å²) >= 11 is 0. The van der Waals surface area contributed by atoms with Crippen molar-refractivity contribution in [3.63, 3.8) is 0 Å². The summed E-state index contributed by atoms with van der Waals surface area (Å²) in [6, 6.07) is 12.0. The molecule has 0 aliphatic carbocycles. The number of imidazole rings is 1. The van der Waals surface area contributed by atoms with Crippen LogP contribution in [-0.4, -0.2) is 35.2 Å². The lowest BCUT2D eigenvalue weighted by molar-refractivity contribution is -0.123. The summed E-state index contributed by atoms with van der Waals surface area (Å²) in [4.78, 5) is 27.5. The van der Waals surface area contributed by atoms with Crippen LogP contribution in [-0.2, 0) is 17.9 Å². The number of amides is 1. The van der Waals surface area contributed by atoms with Crippen LogP contribution in [0.4, 0.5) is 11.8 Å². The standard InChI is InChI=1S/C30H42N8O/c1-5-6-7-8-9-10-11-15-20-37-26-24(33-29(37)38-21-16-19-32-38)25(34-27(39)30(2,3)4)35-28(36-26)31-22-23-17-13-12-14-18-23/h12-14,16-19,21H,5-11,15,20,22H2,1-4H3,(H2,31,34,35,36,39). The normalized spacial score (nSPS) is 11.7. The van der Waals surface area contributed by atoms with E-state index in [1.165, 1.54) is 38.5 Å². The Kier molecular flexibility index (Phi) is 9.68. The third kappa shape index (κ3) is 7.65. The Labute approximate surface area is 231 Å². The average molecular weight is 531 g/mol. The monoisotopic (exact) mass is 530 g/mol. The van der Waals surface area contributed by atoms with Crippen molar-refractivity contribution in [1.82, 2.24) is 29.3 Å². The molecule has 3 aromatic heterocycles. The molecule has 9 nitrogen and oxygen atoms in total. The van der Waals surface area contributed by atoms with E-state index in [-0.39, 0.29) is 5.91 Å². The number of benzene rings is 1. The van der Waals surface area contributed by atoms with E-state index < -0.39 is 5.41 Å². The Morgan fingerprint density at radius 1 is 0.897 bits per heavy atom. The Hall–Kier alpha value is -3.75. The number of fused-ring (bicyclic) bond motifs is 1. The van der Waals surface area contributed by atoms with Gasteiger partial charge in [0.1, 0.15) is 0 Å². The zero-order valence-corrected chi connectivity index (χ0v) is 23.8. The molecular weight excluding hydrogens is 488 g/mol. The fraction of sp³-hybridized carbons (Fsp3) is 0.500. The van der Waals surface area contributed by atoms with E-state index in [2.05, 4.69) is 39.4 Å². The third-order valence-corrected chi connectivity index (χ3v) is 6.73. The van der Waals surface area contributed by atoms with Crippen molar-refractivity contribution in [2.75, 3.05) is 10.6 Å². The van der Waals surface area contributed by atoms with Crippen molar-refractivity contribution in [3.05, 3.63) is 54.4 Å². The number of carbonyl (C=O) groups excluding carboxylic acids is 1. The van der Waals surface area contributed by atoms with Crippen molar-refractivity contribution >= 4 is 28.8 Å². The maximum absolute atomic E-state index is 13.0.